The van der Waals surface area contributed by atoms with Gasteiger partial charge >= 0.3 is 0 Å². The molecule has 0 radical (unpaired) electrons. The average Bonchev–Trinajstić information content (AvgIpc) is 3.10. The molecule has 134 valence electrons. The van der Waals surface area contributed by atoms with Gasteiger partial charge in [-0.25, -0.2) is 0 Å². The van der Waals surface area contributed by atoms with Gasteiger partial charge in [0.1, 0.15) is 10.8 Å². The molecule has 1 aromatic heterocycles. The molecule has 1 aromatic carbocycles. The quantitative estimate of drug-likeness (QED) is 0.654. The number of methoxy groups -OCH3 is 2. The number of carbonyl (C=O) groups excluding carboxylic acids is 2. The lowest BCUT2D eigenvalue weighted by Crippen LogP contribution is -2.27. The minimum Gasteiger partial charge on any atom is -0.497 e. The maximum Gasteiger partial charge on any atom is 0.286 e. The van der Waals surface area contributed by atoms with Crippen molar-refractivity contribution in [2.45, 2.75) is 12.8 Å². The van der Waals surface area contributed by atoms with E-state index >= 15 is 0 Å². The first kappa shape index (κ1) is 18.8. The van der Waals surface area contributed by atoms with Crippen molar-refractivity contribution in [3.8, 4) is 5.75 Å². The first-order chi connectivity index (χ1) is 12.1. The number of aromatic nitrogens is 2. The van der Waals surface area contributed by atoms with Gasteiger partial charge < -0.3 is 20.1 Å². The predicted molar refractivity (Wildman–Crippen MR) is 94.1 cm³/mol. The number of hydrogen-bond acceptors (Lipinski definition) is 7. The molecule has 1 heterocycles. The Bertz CT molecular complexity index is 702. The van der Waals surface area contributed by atoms with Gasteiger partial charge in [0.25, 0.3) is 5.91 Å². The van der Waals surface area contributed by atoms with Crippen LogP contribution in [0.15, 0.2) is 24.3 Å². The zero-order valence-corrected chi connectivity index (χ0v) is 14.9. The number of nitrogens with one attached hydrogen (secondary N) is 2. The molecule has 8 nitrogen and oxygen atoms in total. The highest BCUT2D eigenvalue weighted by Crippen LogP contribution is 2.17. The van der Waals surface area contributed by atoms with Crippen LogP contribution in [0.3, 0.4) is 0 Å². The van der Waals surface area contributed by atoms with Crippen molar-refractivity contribution in [1.29, 1.82) is 0 Å². The van der Waals surface area contributed by atoms with Crippen molar-refractivity contribution in [2.75, 3.05) is 32.7 Å². The predicted octanol–water partition coefficient (Wildman–Crippen LogP) is 1.49. The normalized spacial score (nSPS) is 10.3. The maximum absolute atomic E-state index is 12.2. The van der Waals surface area contributed by atoms with E-state index in [1.165, 1.54) is 11.3 Å². The fraction of sp³-hybridized carbons (Fsp3) is 0.375. The van der Waals surface area contributed by atoms with Gasteiger partial charge in [0, 0.05) is 32.2 Å². The van der Waals surface area contributed by atoms with E-state index < -0.39 is 0 Å². The second-order valence-electron chi connectivity index (χ2n) is 5.03. The molecule has 0 aliphatic carbocycles. The van der Waals surface area contributed by atoms with Crippen LogP contribution in [0.2, 0.25) is 0 Å². The molecular weight excluding hydrogens is 344 g/mol. The smallest absolute Gasteiger partial charge is 0.286 e. The van der Waals surface area contributed by atoms with Crippen LogP contribution in [0.5, 0.6) is 5.75 Å². The molecular formula is C16H20N4O4S. The summed E-state index contributed by atoms with van der Waals surface area (Å²) in [6, 6.07) is 6.98. The molecule has 0 saturated heterocycles. The molecule has 0 saturated carbocycles. The molecule has 0 spiro atoms. The average molecular weight is 364 g/mol. The summed E-state index contributed by atoms with van der Waals surface area (Å²) in [7, 11) is 3.15. The number of aryl methyl sites for hydroxylation is 1. The Morgan fingerprint density at radius 3 is 2.60 bits per heavy atom. The number of carbonyl (C=O) groups is 2. The van der Waals surface area contributed by atoms with Gasteiger partial charge in [-0.3, -0.25) is 9.59 Å². The second-order valence-corrected chi connectivity index (χ2v) is 6.09. The molecule has 0 bridgehead atoms. The van der Waals surface area contributed by atoms with Gasteiger partial charge in [-0.15, -0.1) is 10.2 Å². The van der Waals surface area contributed by atoms with Crippen molar-refractivity contribution >= 4 is 28.8 Å². The zero-order valence-electron chi connectivity index (χ0n) is 14.1. The van der Waals surface area contributed by atoms with Gasteiger partial charge in [-0.2, -0.15) is 0 Å². The first-order valence-electron chi connectivity index (χ1n) is 7.66. The summed E-state index contributed by atoms with van der Waals surface area (Å²) in [5.74, 6) is 0.287. The van der Waals surface area contributed by atoms with Crippen LogP contribution in [-0.2, 0) is 16.0 Å². The Morgan fingerprint density at radius 1 is 1.16 bits per heavy atom. The van der Waals surface area contributed by atoms with Crippen LogP contribution in [0, 0.1) is 0 Å². The summed E-state index contributed by atoms with van der Waals surface area (Å²) < 4.78 is 9.93. The van der Waals surface area contributed by atoms with E-state index in [4.69, 9.17) is 9.47 Å². The maximum atomic E-state index is 12.2. The number of rotatable bonds is 9. The number of ether oxygens (including phenoxy) is 2. The molecule has 0 unspecified atom stereocenters. The molecule has 2 rings (SSSR count). The number of nitrogens with zero attached hydrogens (tertiary/aromatic N) is 2. The Morgan fingerprint density at radius 2 is 1.92 bits per heavy atom. The van der Waals surface area contributed by atoms with Crippen LogP contribution in [0.1, 0.15) is 21.2 Å². The molecule has 0 aliphatic rings. The van der Waals surface area contributed by atoms with Gasteiger partial charge in [0.05, 0.1) is 13.7 Å². The van der Waals surface area contributed by atoms with E-state index in [2.05, 4.69) is 20.8 Å². The molecule has 2 amide bonds. The SMILES string of the molecule is COCCNC(=O)CCc1nnc(C(=O)Nc2ccc(OC)cc2)s1. The van der Waals surface area contributed by atoms with Crippen LogP contribution in [-0.4, -0.2) is 49.4 Å². The summed E-state index contributed by atoms with van der Waals surface area (Å²) in [6.45, 7) is 0.946. The Labute approximate surface area is 149 Å². The molecule has 9 heteroatoms. The van der Waals surface area contributed by atoms with Crippen molar-refractivity contribution in [3.05, 3.63) is 34.3 Å². The number of benzene rings is 1. The number of anilines is 1. The van der Waals surface area contributed by atoms with E-state index in [-0.39, 0.29) is 16.8 Å². The van der Waals surface area contributed by atoms with Gasteiger partial charge in [-0.1, -0.05) is 11.3 Å². The number of amides is 2. The fourth-order valence-electron chi connectivity index (χ4n) is 1.91. The van der Waals surface area contributed by atoms with Crippen LogP contribution < -0.4 is 15.4 Å². The molecule has 2 aromatic rings. The van der Waals surface area contributed by atoms with Gasteiger partial charge in [0.15, 0.2) is 0 Å². The highest BCUT2D eigenvalue weighted by molar-refractivity contribution is 7.13. The highest BCUT2D eigenvalue weighted by Gasteiger charge is 2.14. The number of hydrogen-bond donors (Lipinski definition) is 2. The van der Waals surface area contributed by atoms with E-state index in [1.54, 1.807) is 38.5 Å². The van der Waals surface area contributed by atoms with E-state index in [9.17, 15) is 9.59 Å². The minimum absolute atomic E-state index is 0.0866. The summed E-state index contributed by atoms with van der Waals surface area (Å²) in [5, 5.41) is 14.2. The lowest BCUT2D eigenvalue weighted by atomic mass is 10.3. The van der Waals surface area contributed by atoms with Gasteiger partial charge in [-0.05, 0) is 24.3 Å². The van der Waals surface area contributed by atoms with Crippen LogP contribution in [0.4, 0.5) is 5.69 Å². The van der Waals surface area contributed by atoms with Crippen molar-refractivity contribution in [2.24, 2.45) is 0 Å². The highest BCUT2D eigenvalue weighted by atomic mass is 32.1. The third-order valence-electron chi connectivity index (χ3n) is 3.20. The summed E-state index contributed by atoms with van der Waals surface area (Å²) in [5.41, 5.74) is 0.639. The molecule has 25 heavy (non-hydrogen) atoms. The van der Waals surface area contributed by atoms with Crippen LogP contribution >= 0.6 is 11.3 Å². The summed E-state index contributed by atoms with van der Waals surface area (Å²) in [6.07, 6.45) is 0.727. The monoisotopic (exact) mass is 364 g/mol. The third kappa shape index (κ3) is 6.12. The molecule has 0 aliphatic heterocycles. The van der Waals surface area contributed by atoms with E-state index in [0.717, 1.165) is 0 Å². The fourth-order valence-corrected chi connectivity index (χ4v) is 2.64. The summed E-state index contributed by atoms with van der Waals surface area (Å²) in [4.78, 5) is 23.8. The van der Waals surface area contributed by atoms with E-state index in [1.807, 2.05) is 0 Å². The first-order valence-corrected chi connectivity index (χ1v) is 8.47. The van der Waals surface area contributed by atoms with Crippen molar-refractivity contribution in [1.82, 2.24) is 15.5 Å². The lowest BCUT2D eigenvalue weighted by molar-refractivity contribution is -0.121. The Hall–Kier alpha value is -2.52. The van der Waals surface area contributed by atoms with E-state index in [0.29, 0.717) is 42.4 Å². The Kier molecular flexibility index (Phi) is 7.30. The standard InChI is InChI=1S/C16H20N4O4S/c1-23-10-9-17-13(21)7-8-14-19-20-16(25-14)15(22)18-11-3-5-12(24-2)6-4-11/h3-6H,7-10H2,1-2H3,(H,17,21)(H,18,22). The lowest BCUT2D eigenvalue weighted by Gasteiger charge is -2.04. The largest absolute Gasteiger partial charge is 0.497 e. The third-order valence-corrected chi connectivity index (χ3v) is 4.19. The molecule has 0 atom stereocenters. The topological polar surface area (TPSA) is 102 Å². The second kappa shape index (κ2) is 9.70. The zero-order chi connectivity index (χ0) is 18.1. The molecule has 2 N–H and O–H groups in total. The minimum atomic E-state index is -0.335. The van der Waals surface area contributed by atoms with Gasteiger partial charge in [0.2, 0.25) is 10.9 Å². The van der Waals surface area contributed by atoms with Crippen molar-refractivity contribution < 1.29 is 19.1 Å². The summed E-state index contributed by atoms with van der Waals surface area (Å²) >= 11 is 1.17. The van der Waals surface area contributed by atoms with Crippen LogP contribution in [0.25, 0.3) is 0 Å². The molecule has 0 fully saturated rings. The Balaban J connectivity index is 1.82. The van der Waals surface area contributed by atoms with Crippen molar-refractivity contribution in [3.63, 3.8) is 0 Å².